The van der Waals surface area contributed by atoms with Crippen LogP contribution in [-0.2, 0) is 17.1 Å². The Morgan fingerprint density at radius 3 is 2.73 bits per heavy atom. The van der Waals surface area contributed by atoms with E-state index in [4.69, 9.17) is 0 Å². The van der Waals surface area contributed by atoms with Gasteiger partial charge in [0.1, 0.15) is 10.5 Å². The third kappa shape index (κ3) is 2.46. The minimum absolute atomic E-state index is 0.235. The van der Waals surface area contributed by atoms with E-state index in [1.807, 2.05) is 32.0 Å². The summed E-state index contributed by atoms with van der Waals surface area (Å²) in [5.74, 6) is 0. The summed E-state index contributed by atoms with van der Waals surface area (Å²) < 4.78 is 29.9. The smallest absolute Gasteiger partial charge is 0.264 e. The van der Waals surface area contributed by atoms with Gasteiger partial charge in [-0.3, -0.25) is 4.72 Å². The molecule has 0 aliphatic carbocycles. The lowest BCUT2D eigenvalue weighted by atomic mass is 10.1. The van der Waals surface area contributed by atoms with Gasteiger partial charge in [-0.2, -0.15) is 0 Å². The van der Waals surface area contributed by atoms with E-state index in [1.165, 1.54) is 0 Å². The Balaban J connectivity index is 2.11. The molecule has 2 aromatic heterocycles. The van der Waals surface area contributed by atoms with Crippen LogP contribution in [-0.4, -0.2) is 18.0 Å². The predicted molar refractivity (Wildman–Crippen MR) is 87.4 cm³/mol. The van der Waals surface area contributed by atoms with Crippen molar-refractivity contribution in [1.29, 1.82) is 0 Å². The van der Waals surface area contributed by atoms with Gasteiger partial charge >= 0.3 is 0 Å². The molecule has 0 aliphatic heterocycles. The normalized spacial score (nSPS) is 11.8. The van der Waals surface area contributed by atoms with Crippen LogP contribution in [0, 0.1) is 13.8 Å². The second kappa shape index (κ2) is 5.14. The zero-order chi connectivity index (χ0) is 15.9. The van der Waals surface area contributed by atoms with Gasteiger partial charge < -0.3 is 4.57 Å². The fourth-order valence-corrected chi connectivity index (χ4v) is 3.80. The quantitative estimate of drug-likeness (QED) is 0.808. The SMILES string of the molecule is Cc1ccc(C)c(NS(=O)(=O)c2cn(C)c3ncccc23)c1. The molecule has 0 atom stereocenters. The van der Waals surface area contributed by atoms with E-state index in [2.05, 4.69) is 9.71 Å². The van der Waals surface area contributed by atoms with Crippen LogP contribution in [0.1, 0.15) is 11.1 Å². The van der Waals surface area contributed by atoms with Crippen molar-refractivity contribution in [2.75, 3.05) is 4.72 Å². The van der Waals surface area contributed by atoms with Gasteiger partial charge in [-0.25, -0.2) is 13.4 Å². The van der Waals surface area contributed by atoms with Gasteiger partial charge in [0, 0.05) is 24.8 Å². The van der Waals surface area contributed by atoms with Crippen LogP contribution in [0.3, 0.4) is 0 Å². The summed E-state index contributed by atoms with van der Waals surface area (Å²) in [6, 6.07) is 9.18. The summed E-state index contributed by atoms with van der Waals surface area (Å²) in [5.41, 5.74) is 3.13. The van der Waals surface area contributed by atoms with E-state index >= 15 is 0 Å². The molecular weight excluding hydrogens is 298 g/mol. The zero-order valence-corrected chi connectivity index (χ0v) is 13.5. The maximum Gasteiger partial charge on any atom is 0.264 e. The number of rotatable bonds is 3. The molecule has 0 saturated heterocycles. The maximum absolute atomic E-state index is 12.7. The molecule has 0 bridgehead atoms. The molecule has 5 nitrogen and oxygen atoms in total. The lowest BCUT2D eigenvalue weighted by molar-refractivity contribution is 0.601. The molecular formula is C16H17N3O2S. The van der Waals surface area contributed by atoms with Crippen LogP contribution in [0.25, 0.3) is 11.0 Å². The molecule has 114 valence electrons. The number of fused-ring (bicyclic) bond motifs is 1. The number of aromatic nitrogens is 2. The van der Waals surface area contributed by atoms with E-state index in [9.17, 15) is 8.42 Å². The number of nitrogens with zero attached hydrogens (tertiary/aromatic N) is 2. The van der Waals surface area contributed by atoms with Gasteiger partial charge in [0.15, 0.2) is 0 Å². The number of anilines is 1. The summed E-state index contributed by atoms with van der Waals surface area (Å²) in [7, 11) is -1.89. The second-order valence-corrected chi connectivity index (χ2v) is 7.05. The Bertz CT molecular complexity index is 959. The highest BCUT2D eigenvalue weighted by molar-refractivity contribution is 7.93. The lowest BCUT2D eigenvalue weighted by Gasteiger charge is -2.10. The van der Waals surface area contributed by atoms with Gasteiger partial charge in [0.25, 0.3) is 10.0 Å². The Hall–Kier alpha value is -2.34. The lowest BCUT2D eigenvalue weighted by Crippen LogP contribution is -2.13. The fraction of sp³-hybridized carbons (Fsp3) is 0.188. The van der Waals surface area contributed by atoms with Crippen LogP contribution in [0.2, 0.25) is 0 Å². The first-order chi connectivity index (χ1) is 10.4. The van der Waals surface area contributed by atoms with Gasteiger partial charge in [-0.05, 0) is 43.2 Å². The number of sulfonamides is 1. The van der Waals surface area contributed by atoms with Crippen molar-refractivity contribution in [2.24, 2.45) is 7.05 Å². The molecule has 0 amide bonds. The van der Waals surface area contributed by atoms with Crippen molar-refractivity contribution in [2.45, 2.75) is 18.7 Å². The van der Waals surface area contributed by atoms with Crippen molar-refractivity contribution in [3.05, 3.63) is 53.9 Å². The molecule has 0 spiro atoms. The summed E-state index contributed by atoms with van der Waals surface area (Å²) in [6.07, 6.45) is 3.24. The number of hydrogen-bond acceptors (Lipinski definition) is 3. The molecule has 0 unspecified atom stereocenters. The van der Waals surface area contributed by atoms with Crippen LogP contribution in [0.15, 0.2) is 47.6 Å². The topological polar surface area (TPSA) is 64.0 Å². The van der Waals surface area contributed by atoms with Crippen LogP contribution in [0.4, 0.5) is 5.69 Å². The van der Waals surface area contributed by atoms with Crippen molar-refractivity contribution >= 4 is 26.7 Å². The van der Waals surface area contributed by atoms with Gasteiger partial charge in [-0.1, -0.05) is 12.1 Å². The predicted octanol–water partition coefficient (Wildman–Crippen LogP) is 2.99. The molecule has 6 heteroatoms. The highest BCUT2D eigenvalue weighted by atomic mass is 32.2. The first-order valence-electron chi connectivity index (χ1n) is 6.88. The average molecular weight is 315 g/mol. The highest BCUT2D eigenvalue weighted by Crippen LogP contribution is 2.26. The second-order valence-electron chi connectivity index (χ2n) is 5.40. The van der Waals surface area contributed by atoms with Crippen molar-refractivity contribution < 1.29 is 8.42 Å². The molecule has 1 aromatic carbocycles. The molecule has 1 N–H and O–H groups in total. The van der Waals surface area contributed by atoms with Crippen molar-refractivity contribution in [3.8, 4) is 0 Å². The number of aryl methyl sites for hydroxylation is 3. The first kappa shape index (κ1) is 14.6. The van der Waals surface area contributed by atoms with Gasteiger partial charge in [0.2, 0.25) is 0 Å². The number of hydrogen-bond donors (Lipinski definition) is 1. The van der Waals surface area contributed by atoms with E-state index in [0.717, 1.165) is 11.1 Å². The third-order valence-corrected chi connectivity index (χ3v) is 5.02. The summed E-state index contributed by atoms with van der Waals surface area (Å²) >= 11 is 0. The van der Waals surface area contributed by atoms with E-state index < -0.39 is 10.0 Å². The first-order valence-corrected chi connectivity index (χ1v) is 8.37. The van der Waals surface area contributed by atoms with E-state index in [-0.39, 0.29) is 4.90 Å². The summed E-state index contributed by atoms with van der Waals surface area (Å²) in [5, 5.41) is 0.614. The Morgan fingerprint density at radius 1 is 1.18 bits per heavy atom. The van der Waals surface area contributed by atoms with E-state index in [1.54, 1.807) is 36.1 Å². The standard InChI is InChI=1S/C16H17N3O2S/c1-11-6-7-12(2)14(9-11)18-22(20,21)15-10-19(3)16-13(15)5-4-8-17-16/h4-10,18H,1-3H3. The molecule has 0 aliphatic rings. The molecule has 22 heavy (non-hydrogen) atoms. The Kier molecular flexibility index (Phi) is 3.41. The molecule has 3 rings (SSSR count). The monoisotopic (exact) mass is 315 g/mol. The zero-order valence-electron chi connectivity index (χ0n) is 12.7. The molecule has 0 fully saturated rings. The van der Waals surface area contributed by atoms with Crippen molar-refractivity contribution in [1.82, 2.24) is 9.55 Å². The maximum atomic E-state index is 12.7. The van der Waals surface area contributed by atoms with Gasteiger partial charge in [0.05, 0.1) is 5.69 Å². The Morgan fingerprint density at radius 2 is 1.95 bits per heavy atom. The van der Waals surface area contributed by atoms with Gasteiger partial charge in [-0.15, -0.1) is 0 Å². The van der Waals surface area contributed by atoms with Crippen LogP contribution in [0.5, 0.6) is 0 Å². The minimum atomic E-state index is -3.67. The number of benzene rings is 1. The summed E-state index contributed by atoms with van der Waals surface area (Å²) in [6.45, 7) is 3.81. The molecule has 2 heterocycles. The average Bonchev–Trinajstić information content (AvgIpc) is 2.81. The highest BCUT2D eigenvalue weighted by Gasteiger charge is 2.21. The van der Waals surface area contributed by atoms with Crippen molar-refractivity contribution in [3.63, 3.8) is 0 Å². The van der Waals surface area contributed by atoms with Crippen LogP contribution >= 0.6 is 0 Å². The number of pyridine rings is 1. The largest absolute Gasteiger partial charge is 0.334 e. The third-order valence-electron chi connectivity index (χ3n) is 3.62. The summed E-state index contributed by atoms with van der Waals surface area (Å²) in [4.78, 5) is 4.46. The Labute approximate surface area is 129 Å². The minimum Gasteiger partial charge on any atom is -0.334 e. The van der Waals surface area contributed by atoms with Crippen LogP contribution < -0.4 is 4.72 Å². The fourth-order valence-electron chi connectivity index (χ4n) is 2.44. The molecule has 0 saturated carbocycles. The number of nitrogens with one attached hydrogen (secondary N) is 1. The molecule has 3 aromatic rings. The van der Waals surface area contributed by atoms with E-state index in [0.29, 0.717) is 16.7 Å². The molecule has 0 radical (unpaired) electrons.